The van der Waals surface area contributed by atoms with Crippen LogP contribution in [0.1, 0.15) is 50.3 Å². The Morgan fingerprint density at radius 3 is 1.52 bits per heavy atom. The molecule has 2 aromatic heterocycles. The van der Waals surface area contributed by atoms with Crippen molar-refractivity contribution in [2.75, 3.05) is 0 Å². The molecule has 0 fully saturated rings. The highest BCUT2D eigenvalue weighted by Crippen LogP contribution is 2.13. The van der Waals surface area contributed by atoms with E-state index >= 15 is 0 Å². The summed E-state index contributed by atoms with van der Waals surface area (Å²) < 4.78 is 0. The summed E-state index contributed by atoms with van der Waals surface area (Å²) in [6.07, 6.45) is 4.46. The van der Waals surface area contributed by atoms with E-state index < -0.39 is 0 Å². The first-order valence-corrected chi connectivity index (χ1v) is 6.72. The third-order valence-electron chi connectivity index (χ3n) is 3.35. The van der Waals surface area contributed by atoms with Gasteiger partial charge in [0.15, 0.2) is 6.29 Å². The second-order valence-corrected chi connectivity index (χ2v) is 4.98. The Morgan fingerprint density at radius 2 is 0.952 bits per heavy atom. The third-order valence-corrected chi connectivity index (χ3v) is 3.35. The Kier molecular flexibility index (Phi) is 4.21. The van der Waals surface area contributed by atoms with E-state index in [1.165, 1.54) is 0 Å². The molecule has 0 unspecified atom stereocenters. The molecule has 0 saturated carbocycles. The van der Waals surface area contributed by atoms with Gasteiger partial charge in [-0.2, -0.15) is 0 Å². The van der Waals surface area contributed by atoms with Crippen molar-refractivity contribution in [2.45, 2.75) is 34.6 Å². The van der Waals surface area contributed by atoms with Crippen molar-refractivity contribution < 1.29 is 4.79 Å². The number of carbonyl (C=O) groups excluding carboxylic acids is 1. The van der Waals surface area contributed by atoms with Crippen LogP contribution in [0.3, 0.4) is 0 Å². The van der Waals surface area contributed by atoms with Gasteiger partial charge >= 0.3 is 0 Å². The summed E-state index contributed by atoms with van der Waals surface area (Å²) in [4.78, 5) is 28.5. The van der Waals surface area contributed by atoms with Crippen LogP contribution in [0.4, 0.5) is 0 Å². The predicted molar refractivity (Wildman–Crippen MR) is 82.1 cm³/mol. The van der Waals surface area contributed by atoms with Crippen LogP contribution in [0.15, 0.2) is 0 Å². The number of rotatable bonds is 3. The van der Waals surface area contributed by atoms with E-state index in [0.717, 1.165) is 34.8 Å². The lowest BCUT2D eigenvalue weighted by molar-refractivity contribution is 0.111. The predicted octanol–water partition coefficient (Wildman–Crippen LogP) is 2.79. The minimum absolute atomic E-state index is 0.381. The maximum Gasteiger partial charge on any atom is 0.170 e. The molecule has 5 heteroatoms. The zero-order valence-corrected chi connectivity index (χ0v) is 12.9. The number of aldehydes is 1. The standard InChI is InChI=1S/C16H18N4O/c1-9-10(2)18-14(11(3)17-9)6-7-15-12(4)20-16(8-21)13(5)19-15/h6-8H,1-5H3/b7-6+. The topological polar surface area (TPSA) is 68.6 Å². The van der Waals surface area contributed by atoms with E-state index in [9.17, 15) is 4.79 Å². The van der Waals surface area contributed by atoms with Gasteiger partial charge in [-0.3, -0.25) is 9.78 Å². The molecular formula is C16H18N4O. The lowest BCUT2D eigenvalue weighted by atomic mass is 10.2. The summed E-state index contributed by atoms with van der Waals surface area (Å²) in [5.74, 6) is 0. The molecule has 0 atom stereocenters. The van der Waals surface area contributed by atoms with Gasteiger partial charge in [0, 0.05) is 0 Å². The van der Waals surface area contributed by atoms with Crippen LogP contribution in [-0.2, 0) is 0 Å². The summed E-state index contributed by atoms with van der Waals surface area (Å²) in [6, 6.07) is 0. The first-order valence-electron chi connectivity index (χ1n) is 6.72. The molecule has 21 heavy (non-hydrogen) atoms. The van der Waals surface area contributed by atoms with Gasteiger partial charge in [0.05, 0.1) is 39.9 Å². The number of hydrogen-bond acceptors (Lipinski definition) is 5. The van der Waals surface area contributed by atoms with Gasteiger partial charge in [-0.25, -0.2) is 15.0 Å². The van der Waals surface area contributed by atoms with Gasteiger partial charge < -0.3 is 0 Å². The average Bonchev–Trinajstić information content (AvgIpc) is 2.44. The van der Waals surface area contributed by atoms with E-state index in [1.807, 2.05) is 39.8 Å². The zero-order valence-electron chi connectivity index (χ0n) is 12.9. The number of carbonyl (C=O) groups is 1. The van der Waals surface area contributed by atoms with Gasteiger partial charge in [0.25, 0.3) is 0 Å². The minimum atomic E-state index is 0.381. The minimum Gasteiger partial charge on any atom is -0.296 e. The van der Waals surface area contributed by atoms with Gasteiger partial charge in [-0.15, -0.1) is 0 Å². The second-order valence-electron chi connectivity index (χ2n) is 4.98. The molecule has 0 aliphatic heterocycles. The molecule has 0 spiro atoms. The molecule has 2 rings (SSSR count). The van der Waals surface area contributed by atoms with Gasteiger partial charge in [-0.05, 0) is 46.8 Å². The van der Waals surface area contributed by atoms with Crippen LogP contribution in [-0.4, -0.2) is 26.2 Å². The number of hydrogen-bond donors (Lipinski definition) is 0. The lowest BCUT2D eigenvalue weighted by Crippen LogP contribution is -2.02. The molecule has 0 aliphatic carbocycles. The quantitative estimate of drug-likeness (QED) is 0.810. The summed E-state index contributed by atoms with van der Waals surface area (Å²) in [5.41, 5.74) is 6.00. The Labute approximate surface area is 124 Å². The molecule has 0 aliphatic rings. The molecule has 2 heterocycles. The van der Waals surface area contributed by atoms with Crippen molar-refractivity contribution in [3.63, 3.8) is 0 Å². The van der Waals surface area contributed by atoms with Crippen LogP contribution >= 0.6 is 0 Å². The Morgan fingerprint density at radius 1 is 0.571 bits per heavy atom. The van der Waals surface area contributed by atoms with Crippen molar-refractivity contribution >= 4 is 18.4 Å². The van der Waals surface area contributed by atoms with Gasteiger partial charge in [0.1, 0.15) is 5.69 Å². The van der Waals surface area contributed by atoms with Crippen molar-refractivity contribution in [2.24, 2.45) is 0 Å². The monoisotopic (exact) mass is 282 g/mol. The average molecular weight is 282 g/mol. The van der Waals surface area contributed by atoms with E-state index in [0.29, 0.717) is 17.1 Å². The molecule has 108 valence electrons. The SMILES string of the molecule is Cc1nc(C)c(/C=C/c2nc(C)c(C=O)nc2C)nc1C. The largest absolute Gasteiger partial charge is 0.296 e. The fourth-order valence-electron chi connectivity index (χ4n) is 1.96. The van der Waals surface area contributed by atoms with Crippen molar-refractivity contribution in [1.82, 2.24) is 19.9 Å². The number of aromatic nitrogens is 4. The fourth-order valence-corrected chi connectivity index (χ4v) is 1.96. The highest BCUT2D eigenvalue weighted by molar-refractivity contribution is 5.74. The van der Waals surface area contributed by atoms with Crippen molar-refractivity contribution in [1.29, 1.82) is 0 Å². The van der Waals surface area contributed by atoms with Crippen molar-refractivity contribution in [3.05, 3.63) is 45.6 Å². The summed E-state index contributed by atoms with van der Waals surface area (Å²) >= 11 is 0. The van der Waals surface area contributed by atoms with Gasteiger partial charge in [-0.1, -0.05) is 0 Å². The van der Waals surface area contributed by atoms with E-state index in [-0.39, 0.29) is 0 Å². The first-order chi connectivity index (χ1) is 9.92. The first kappa shape index (κ1) is 15.0. The zero-order chi connectivity index (χ0) is 15.6. The Bertz CT molecular complexity index is 736. The van der Waals surface area contributed by atoms with Crippen LogP contribution in [0, 0.1) is 34.6 Å². The molecule has 0 saturated heterocycles. The van der Waals surface area contributed by atoms with Crippen LogP contribution < -0.4 is 0 Å². The van der Waals surface area contributed by atoms with E-state index in [4.69, 9.17) is 0 Å². The highest BCUT2D eigenvalue weighted by Gasteiger charge is 2.06. The molecular weight excluding hydrogens is 264 g/mol. The third kappa shape index (κ3) is 3.18. The maximum absolute atomic E-state index is 10.8. The van der Waals surface area contributed by atoms with Crippen LogP contribution in [0.25, 0.3) is 12.2 Å². The summed E-state index contributed by atoms with van der Waals surface area (Å²) in [5, 5.41) is 0. The molecule has 0 bridgehead atoms. The highest BCUT2D eigenvalue weighted by atomic mass is 16.1. The Hall–Kier alpha value is -2.43. The Balaban J connectivity index is 2.40. The molecule has 0 radical (unpaired) electrons. The normalized spacial score (nSPS) is 11.1. The van der Waals surface area contributed by atoms with Crippen molar-refractivity contribution in [3.8, 4) is 0 Å². The molecule has 0 amide bonds. The smallest absolute Gasteiger partial charge is 0.170 e. The van der Waals surface area contributed by atoms with Crippen LogP contribution in [0.2, 0.25) is 0 Å². The maximum atomic E-state index is 10.8. The summed E-state index contributed by atoms with van der Waals surface area (Å²) in [7, 11) is 0. The molecule has 2 aromatic rings. The second kappa shape index (κ2) is 5.91. The van der Waals surface area contributed by atoms with E-state index in [1.54, 1.807) is 6.92 Å². The summed E-state index contributed by atoms with van der Waals surface area (Å²) in [6.45, 7) is 9.41. The fraction of sp³-hybridized carbons (Fsp3) is 0.312. The van der Waals surface area contributed by atoms with Crippen LogP contribution in [0.5, 0.6) is 0 Å². The van der Waals surface area contributed by atoms with E-state index in [2.05, 4.69) is 19.9 Å². The number of aryl methyl sites for hydroxylation is 5. The number of nitrogens with zero attached hydrogens (tertiary/aromatic N) is 4. The van der Waals surface area contributed by atoms with Gasteiger partial charge in [0.2, 0.25) is 0 Å². The molecule has 0 N–H and O–H groups in total. The molecule has 5 nitrogen and oxygen atoms in total. The lowest BCUT2D eigenvalue weighted by Gasteiger charge is -2.05. The molecule has 0 aromatic carbocycles.